The topological polar surface area (TPSA) is 113 Å². The molecule has 0 bridgehead atoms. The fraction of sp³-hybridized carbons (Fsp3) is 0.231. The standard InChI is InChI=1S/C13H15N5O2/c14-4-3-8-6-10-11(15-7-9-2-1-5-20-9)17-13(19)18-12(10)16-8/h1-2,5-6H,3-4,7,14H2,(H3,15,16,17,18,19). The summed E-state index contributed by atoms with van der Waals surface area (Å²) in [7, 11) is 0. The summed E-state index contributed by atoms with van der Waals surface area (Å²) in [5, 5.41) is 3.94. The molecule has 7 heteroatoms. The van der Waals surface area contributed by atoms with Crippen LogP contribution < -0.4 is 16.7 Å². The molecule has 3 heterocycles. The maximum Gasteiger partial charge on any atom is 0.348 e. The molecule has 0 aliphatic heterocycles. The van der Waals surface area contributed by atoms with Gasteiger partial charge in [0.1, 0.15) is 17.2 Å². The summed E-state index contributed by atoms with van der Waals surface area (Å²) in [4.78, 5) is 21.3. The van der Waals surface area contributed by atoms with Crippen LogP contribution in [0.1, 0.15) is 11.5 Å². The van der Waals surface area contributed by atoms with Gasteiger partial charge >= 0.3 is 5.69 Å². The van der Waals surface area contributed by atoms with Crippen molar-refractivity contribution < 1.29 is 4.42 Å². The summed E-state index contributed by atoms with van der Waals surface area (Å²) in [6, 6.07) is 5.61. The number of furan rings is 1. The normalized spacial score (nSPS) is 11.1. The van der Waals surface area contributed by atoms with Crippen molar-refractivity contribution in [3.8, 4) is 0 Å². The van der Waals surface area contributed by atoms with E-state index in [4.69, 9.17) is 10.2 Å². The zero-order valence-electron chi connectivity index (χ0n) is 10.8. The molecule has 0 saturated carbocycles. The Labute approximate surface area is 114 Å². The van der Waals surface area contributed by atoms with E-state index in [0.717, 1.165) is 16.8 Å². The van der Waals surface area contributed by atoms with E-state index in [1.807, 2.05) is 18.2 Å². The van der Waals surface area contributed by atoms with Crippen LogP contribution in [-0.4, -0.2) is 21.5 Å². The molecule has 3 rings (SSSR count). The van der Waals surface area contributed by atoms with Crippen molar-refractivity contribution in [1.82, 2.24) is 15.0 Å². The third-order valence-electron chi connectivity index (χ3n) is 3.00. The van der Waals surface area contributed by atoms with Crippen LogP contribution >= 0.6 is 0 Å². The average molecular weight is 273 g/mol. The van der Waals surface area contributed by atoms with Gasteiger partial charge < -0.3 is 20.5 Å². The minimum atomic E-state index is -0.402. The maximum absolute atomic E-state index is 11.6. The predicted octanol–water partition coefficient (Wildman–Crippen LogP) is 0.957. The summed E-state index contributed by atoms with van der Waals surface area (Å²) in [5.41, 5.74) is 6.75. The molecular weight excluding hydrogens is 258 g/mol. The van der Waals surface area contributed by atoms with Crippen molar-refractivity contribution in [2.24, 2.45) is 5.73 Å². The molecule has 20 heavy (non-hydrogen) atoms. The van der Waals surface area contributed by atoms with Gasteiger partial charge in [-0.2, -0.15) is 4.98 Å². The van der Waals surface area contributed by atoms with E-state index < -0.39 is 5.69 Å². The van der Waals surface area contributed by atoms with Gasteiger partial charge in [0.2, 0.25) is 0 Å². The molecule has 0 aromatic carbocycles. The van der Waals surface area contributed by atoms with Crippen LogP contribution in [0.5, 0.6) is 0 Å². The van der Waals surface area contributed by atoms with E-state index in [2.05, 4.69) is 20.3 Å². The van der Waals surface area contributed by atoms with Crippen LogP contribution in [0.15, 0.2) is 33.7 Å². The molecule has 0 saturated heterocycles. The SMILES string of the molecule is NCCc1cc2c(NCc3ccco3)nc(=O)[nH]c2[nH]1. The number of fused-ring (bicyclic) bond motifs is 1. The Morgan fingerprint density at radius 2 is 2.30 bits per heavy atom. The molecule has 7 nitrogen and oxygen atoms in total. The Hall–Kier alpha value is -2.54. The van der Waals surface area contributed by atoms with E-state index in [1.165, 1.54) is 0 Å². The minimum absolute atomic E-state index is 0.402. The highest BCUT2D eigenvalue weighted by Gasteiger charge is 2.09. The lowest BCUT2D eigenvalue weighted by atomic mass is 10.3. The van der Waals surface area contributed by atoms with Gasteiger partial charge in [0.15, 0.2) is 0 Å². The van der Waals surface area contributed by atoms with Gasteiger partial charge in [0.25, 0.3) is 0 Å². The first-order chi connectivity index (χ1) is 9.76. The Morgan fingerprint density at radius 3 is 3.05 bits per heavy atom. The van der Waals surface area contributed by atoms with Gasteiger partial charge in [-0.15, -0.1) is 0 Å². The van der Waals surface area contributed by atoms with Crippen LogP contribution in [-0.2, 0) is 13.0 Å². The van der Waals surface area contributed by atoms with E-state index in [1.54, 1.807) is 6.26 Å². The Kier molecular flexibility index (Phi) is 3.26. The average Bonchev–Trinajstić information content (AvgIpc) is 3.05. The first kappa shape index (κ1) is 12.5. The highest BCUT2D eigenvalue weighted by Crippen LogP contribution is 2.20. The molecule has 3 aromatic rings. The number of nitrogens with one attached hydrogen (secondary N) is 3. The molecule has 0 spiro atoms. The first-order valence-electron chi connectivity index (χ1n) is 6.34. The zero-order chi connectivity index (χ0) is 13.9. The summed E-state index contributed by atoms with van der Waals surface area (Å²) in [5.74, 6) is 1.30. The van der Waals surface area contributed by atoms with Gasteiger partial charge in [-0.3, -0.25) is 4.98 Å². The zero-order valence-corrected chi connectivity index (χ0v) is 10.8. The monoisotopic (exact) mass is 273 g/mol. The van der Waals surface area contributed by atoms with Gasteiger partial charge in [0, 0.05) is 5.69 Å². The van der Waals surface area contributed by atoms with Crippen molar-refractivity contribution in [2.75, 3.05) is 11.9 Å². The molecule has 0 aliphatic rings. The van der Waals surface area contributed by atoms with Crippen LogP contribution in [0.2, 0.25) is 0 Å². The fourth-order valence-electron chi connectivity index (χ4n) is 2.10. The summed E-state index contributed by atoms with van der Waals surface area (Å²) in [6.07, 6.45) is 2.32. The number of nitrogens with zero attached hydrogens (tertiary/aromatic N) is 1. The Bertz CT molecular complexity index is 757. The molecule has 0 amide bonds. The number of rotatable bonds is 5. The second kappa shape index (κ2) is 5.22. The van der Waals surface area contributed by atoms with Crippen LogP contribution in [0.4, 0.5) is 5.82 Å². The van der Waals surface area contributed by atoms with Crippen molar-refractivity contribution >= 4 is 16.9 Å². The summed E-state index contributed by atoms with van der Waals surface area (Å²) >= 11 is 0. The lowest BCUT2D eigenvalue weighted by molar-refractivity contribution is 0.518. The minimum Gasteiger partial charge on any atom is -0.467 e. The smallest absolute Gasteiger partial charge is 0.348 e. The van der Waals surface area contributed by atoms with E-state index in [9.17, 15) is 4.79 Å². The summed E-state index contributed by atoms with van der Waals surface area (Å²) < 4.78 is 5.24. The highest BCUT2D eigenvalue weighted by molar-refractivity contribution is 5.87. The van der Waals surface area contributed by atoms with Crippen molar-refractivity contribution in [3.63, 3.8) is 0 Å². The van der Waals surface area contributed by atoms with Crippen LogP contribution in [0.25, 0.3) is 11.0 Å². The summed E-state index contributed by atoms with van der Waals surface area (Å²) in [6.45, 7) is 1.01. The van der Waals surface area contributed by atoms with Crippen molar-refractivity contribution in [2.45, 2.75) is 13.0 Å². The third kappa shape index (κ3) is 2.43. The second-order valence-electron chi connectivity index (χ2n) is 4.45. The molecule has 3 aromatic heterocycles. The molecular formula is C13H15N5O2. The highest BCUT2D eigenvalue weighted by atomic mass is 16.3. The number of aromatic amines is 2. The van der Waals surface area contributed by atoms with Gasteiger partial charge in [-0.25, -0.2) is 4.79 Å². The lowest BCUT2D eigenvalue weighted by Crippen LogP contribution is -2.13. The molecule has 0 radical (unpaired) electrons. The van der Waals surface area contributed by atoms with Crippen molar-refractivity contribution in [3.05, 3.63) is 46.4 Å². The van der Waals surface area contributed by atoms with E-state index in [-0.39, 0.29) is 0 Å². The quantitative estimate of drug-likeness (QED) is 0.553. The molecule has 0 fully saturated rings. The largest absolute Gasteiger partial charge is 0.467 e. The number of hydrogen-bond acceptors (Lipinski definition) is 5. The first-order valence-corrected chi connectivity index (χ1v) is 6.34. The molecule has 5 N–H and O–H groups in total. The number of aromatic nitrogens is 3. The second-order valence-corrected chi connectivity index (χ2v) is 4.45. The fourth-order valence-corrected chi connectivity index (χ4v) is 2.10. The third-order valence-corrected chi connectivity index (χ3v) is 3.00. The van der Waals surface area contributed by atoms with Crippen LogP contribution in [0.3, 0.4) is 0 Å². The van der Waals surface area contributed by atoms with Gasteiger partial charge in [-0.05, 0) is 31.2 Å². The maximum atomic E-state index is 11.6. The van der Waals surface area contributed by atoms with Crippen molar-refractivity contribution in [1.29, 1.82) is 0 Å². The number of hydrogen-bond donors (Lipinski definition) is 4. The number of H-pyrrole nitrogens is 2. The van der Waals surface area contributed by atoms with Crippen LogP contribution in [0, 0.1) is 0 Å². The Balaban J connectivity index is 1.93. The molecule has 0 unspecified atom stereocenters. The lowest BCUT2D eigenvalue weighted by Gasteiger charge is -2.03. The molecule has 104 valence electrons. The molecule has 0 atom stereocenters. The number of nitrogens with two attached hydrogens (primary N) is 1. The van der Waals surface area contributed by atoms with Gasteiger partial charge in [0.05, 0.1) is 18.2 Å². The number of anilines is 1. The van der Waals surface area contributed by atoms with Gasteiger partial charge in [-0.1, -0.05) is 0 Å². The predicted molar refractivity (Wildman–Crippen MR) is 75.5 cm³/mol. The Morgan fingerprint density at radius 1 is 1.40 bits per heavy atom. The van der Waals surface area contributed by atoms with E-state index in [0.29, 0.717) is 31.0 Å². The van der Waals surface area contributed by atoms with E-state index >= 15 is 0 Å². The molecule has 0 aliphatic carbocycles.